The number of pyridine rings is 1. The highest BCUT2D eigenvalue weighted by Crippen LogP contribution is 2.32. The molecule has 9 nitrogen and oxygen atoms in total. The monoisotopic (exact) mass is 498 g/mol. The molecule has 3 aromatic rings. The van der Waals surface area contributed by atoms with Crippen LogP contribution in [0.1, 0.15) is 29.4 Å². The normalized spacial score (nSPS) is 11.4. The Hall–Kier alpha value is -3.50. The van der Waals surface area contributed by atoms with Gasteiger partial charge in [0.15, 0.2) is 16.3 Å². The van der Waals surface area contributed by atoms with Crippen molar-refractivity contribution in [1.29, 1.82) is 0 Å². The molecular formula is C25H30N4O5S. The van der Waals surface area contributed by atoms with E-state index in [9.17, 15) is 9.59 Å². The summed E-state index contributed by atoms with van der Waals surface area (Å²) >= 11 is 1.37. The smallest absolute Gasteiger partial charge is 0.281 e. The molecule has 35 heavy (non-hydrogen) atoms. The van der Waals surface area contributed by atoms with Crippen molar-refractivity contribution in [1.82, 2.24) is 14.9 Å². The summed E-state index contributed by atoms with van der Waals surface area (Å²) in [6.07, 6.45) is 2.17. The van der Waals surface area contributed by atoms with Crippen LogP contribution in [0.2, 0.25) is 0 Å². The molecule has 0 atom stereocenters. The van der Waals surface area contributed by atoms with E-state index in [1.54, 1.807) is 19.2 Å². The summed E-state index contributed by atoms with van der Waals surface area (Å²) in [6, 6.07) is 9.22. The van der Waals surface area contributed by atoms with Crippen molar-refractivity contribution in [2.24, 2.45) is 4.99 Å². The number of hydrogen-bond donors (Lipinski definition) is 1. The van der Waals surface area contributed by atoms with Crippen LogP contribution in [-0.4, -0.2) is 55.3 Å². The van der Waals surface area contributed by atoms with E-state index in [1.165, 1.54) is 24.6 Å². The van der Waals surface area contributed by atoms with Crippen LogP contribution in [0.15, 0.2) is 46.9 Å². The van der Waals surface area contributed by atoms with E-state index < -0.39 is 0 Å². The van der Waals surface area contributed by atoms with Crippen LogP contribution in [0.25, 0.3) is 11.3 Å². The van der Waals surface area contributed by atoms with Gasteiger partial charge >= 0.3 is 0 Å². The summed E-state index contributed by atoms with van der Waals surface area (Å²) < 4.78 is 18.0. The Balaban J connectivity index is 1.94. The van der Waals surface area contributed by atoms with Gasteiger partial charge in [0.25, 0.3) is 5.91 Å². The van der Waals surface area contributed by atoms with E-state index in [0.29, 0.717) is 48.0 Å². The Morgan fingerprint density at radius 3 is 2.69 bits per heavy atom. The van der Waals surface area contributed by atoms with Crippen molar-refractivity contribution in [2.45, 2.75) is 26.8 Å². The topological polar surface area (TPSA) is 104 Å². The average molecular weight is 499 g/mol. The largest absolute Gasteiger partial charge is 0.493 e. The molecule has 2 amide bonds. The molecule has 0 spiro atoms. The van der Waals surface area contributed by atoms with Gasteiger partial charge in [-0.1, -0.05) is 0 Å². The van der Waals surface area contributed by atoms with E-state index in [2.05, 4.69) is 15.3 Å². The number of nitrogens with zero attached hydrogens (tertiary/aromatic N) is 3. The minimum atomic E-state index is -0.364. The second-order valence-corrected chi connectivity index (χ2v) is 8.43. The van der Waals surface area contributed by atoms with Crippen LogP contribution in [0.4, 0.5) is 0 Å². The van der Waals surface area contributed by atoms with Crippen LogP contribution < -0.4 is 19.6 Å². The summed E-state index contributed by atoms with van der Waals surface area (Å²) in [5.74, 6) is 0.742. The van der Waals surface area contributed by atoms with E-state index in [-0.39, 0.29) is 18.4 Å². The number of aromatic nitrogens is 2. The van der Waals surface area contributed by atoms with Gasteiger partial charge in [0.05, 0.1) is 25.0 Å². The van der Waals surface area contributed by atoms with Gasteiger partial charge < -0.3 is 24.1 Å². The summed E-state index contributed by atoms with van der Waals surface area (Å²) in [5.41, 5.74) is 3.03. The first kappa shape index (κ1) is 26.1. The van der Waals surface area contributed by atoms with Crippen molar-refractivity contribution in [3.8, 4) is 22.8 Å². The van der Waals surface area contributed by atoms with Crippen molar-refractivity contribution < 1.29 is 23.8 Å². The zero-order valence-corrected chi connectivity index (χ0v) is 21.2. The number of carbonyl (C=O) groups is 2. The molecule has 2 heterocycles. The fourth-order valence-electron chi connectivity index (χ4n) is 3.36. The van der Waals surface area contributed by atoms with Gasteiger partial charge in [-0.2, -0.15) is 4.99 Å². The minimum absolute atomic E-state index is 0.0164. The molecule has 0 saturated heterocycles. The molecule has 1 aromatic carbocycles. The molecule has 0 bridgehead atoms. The predicted molar refractivity (Wildman–Crippen MR) is 134 cm³/mol. The summed E-state index contributed by atoms with van der Waals surface area (Å²) in [4.78, 5) is 33.6. The molecule has 0 unspecified atom stereocenters. The maximum atomic E-state index is 12.8. The molecule has 0 aliphatic carbocycles. The van der Waals surface area contributed by atoms with Gasteiger partial charge in [-0.05, 0) is 50.6 Å². The Labute approximate surface area is 208 Å². The third-order valence-electron chi connectivity index (χ3n) is 5.07. The summed E-state index contributed by atoms with van der Waals surface area (Å²) in [6.45, 7) is 5.33. The van der Waals surface area contributed by atoms with Crippen molar-refractivity contribution in [3.05, 3.63) is 58.0 Å². The Morgan fingerprint density at radius 2 is 2.00 bits per heavy atom. The molecule has 2 aromatic heterocycles. The van der Waals surface area contributed by atoms with E-state index in [0.717, 1.165) is 17.0 Å². The van der Waals surface area contributed by atoms with Gasteiger partial charge in [-0.25, -0.2) is 0 Å². The minimum Gasteiger partial charge on any atom is -0.493 e. The molecular weight excluding hydrogens is 468 g/mol. The lowest BCUT2D eigenvalue weighted by molar-refractivity contribution is -0.124. The number of ether oxygens (including phenoxy) is 3. The molecule has 186 valence electrons. The lowest BCUT2D eigenvalue weighted by Crippen LogP contribution is -2.29. The highest BCUT2D eigenvalue weighted by atomic mass is 32.1. The fraction of sp³-hybridized carbons (Fsp3) is 0.360. The molecule has 0 aliphatic heterocycles. The van der Waals surface area contributed by atoms with Crippen molar-refractivity contribution in [3.63, 3.8) is 0 Å². The number of hydrogen-bond acceptors (Lipinski definition) is 7. The number of carbonyl (C=O) groups excluding carboxylic acids is 2. The zero-order valence-electron chi connectivity index (χ0n) is 20.4. The highest BCUT2D eigenvalue weighted by Gasteiger charge is 2.14. The first-order valence-electron chi connectivity index (χ1n) is 11.2. The van der Waals surface area contributed by atoms with Gasteiger partial charge in [0.1, 0.15) is 6.61 Å². The van der Waals surface area contributed by atoms with E-state index in [1.807, 2.05) is 42.0 Å². The number of thiazole rings is 1. The molecule has 0 aliphatic rings. The molecule has 3 rings (SSSR count). The lowest BCUT2D eigenvalue weighted by atomic mass is 10.1. The average Bonchev–Trinajstić information content (AvgIpc) is 3.25. The number of nitrogens with one attached hydrogen (secondary N) is 1. The number of amides is 2. The zero-order chi connectivity index (χ0) is 25.2. The van der Waals surface area contributed by atoms with E-state index >= 15 is 0 Å². The standard InChI is InChI=1S/C25H30N4O5S/c1-5-34-21-10-9-18(13-22(21)33-4)20-16-35-25(28-24(31)19-8-7-17(2)27-14-19)29(20)12-6-11-26-23(30)15-32-3/h7-10,13-14,16H,5-6,11-12,15H2,1-4H3,(H,26,30). The maximum Gasteiger partial charge on any atom is 0.281 e. The predicted octanol–water partition coefficient (Wildman–Crippen LogP) is 3.22. The Morgan fingerprint density at radius 1 is 1.17 bits per heavy atom. The first-order valence-corrected chi connectivity index (χ1v) is 12.1. The molecule has 0 saturated carbocycles. The third kappa shape index (κ3) is 7.00. The second-order valence-electron chi connectivity index (χ2n) is 7.60. The van der Waals surface area contributed by atoms with Crippen molar-refractivity contribution >= 4 is 23.2 Å². The molecule has 1 N–H and O–H groups in total. The van der Waals surface area contributed by atoms with E-state index in [4.69, 9.17) is 14.2 Å². The second kappa shape index (κ2) is 12.8. The first-order chi connectivity index (χ1) is 17.0. The SMILES string of the molecule is CCOc1ccc(-c2csc(=NC(=O)c3ccc(C)nc3)n2CCCNC(=O)COC)cc1OC. The number of aryl methyl sites for hydroxylation is 1. The molecule has 0 radical (unpaired) electrons. The van der Waals surface area contributed by atoms with Gasteiger partial charge in [0.2, 0.25) is 5.91 Å². The summed E-state index contributed by atoms with van der Waals surface area (Å²) in [7, 11) is 3.08. The highest BCUT2D eigenvalue weighted by molar-refractivity contribution is 7.07. The number of rotatable bonds is 11. The van der Waals surface area contributed by atoms with Crippen LogP contribution in [-0.2, 0) is 16.1 Å². The van der Waals surface area contributed by atoms with Crippen LogP contribution >= 0.6 is 11.3 Å². The molecule has 10 heteroatoms. The summed E-state index contributed by atoms with van der Waals surface area (Å²) in [5, 5.41) is 4.78. The van der Waals surface area contributed by atoms with Crippen LogP contribution in [0, 0.1) is 6.92 Å². The number of benzene rings is 1. The third-order valence-corrected chi connectivity index (χ3v) is 5.93. The Bertz CT molecular complexity index is 1220. The molecule has 0 fully saturated rings. The van der Waals surface area contributed by atoms with Gasteiger partial charge in [0, 0.05) is 43.0 Å². The van der Waals surface area contributed by atoms with Crippen LogP contribution in [0.5, 0.6) is 11.5 Å². The fourth-order valence-corrected chi connectivity index (χ4v) is 4.29. The van der Waals surface area contributed by atoms with Crippen molar-refractivity contribution in [2.75, 3.05) is 34.0 Å². The number of methoxy groups -OCH3 is 2. The quantitative estimate of drug-likeness (QED) is 0.407. The van der Waals surface area contributed by atoms with Gasteiger partial charge in [-0.15, -0.1) is 11.3 Å². The van der Waals surface area contributed by atoms with Gasteiger partial charge in [-0.3, -0.25) is 14.6 Å². The lowest BCUT2D eigenvalue weighted by Gasteiger charge is -2.13. The maximum absolute atomic E-state index is 12.8. The van der Waals surface area contributed by atoms with Crippen LogP contribution in [0.3, 0.4) is 0 Å². The Kier molecular flexibility index (Phi) is 9.56.